The van der Waals surface area contributed by atoms with Crippen molar-refractivity contribution in [3.8, 4) is 5.75 Å². The third-order valence-electron chi connectivity index (χ3n) is 4.37. The lowest BCUT2D eigenvalue weighted by molar-refractivity contribution is -0.113. The van der Waals surface area contributed by atoms with Crippen molar-refractivity contribution in [1.82, 2.24) is 0 Å². The summed E-state index contributed by atoms with van der Waals surface area (Å²) >= 11 is 6.67. The van der Waals surface area contributed by atoms with Crippen molar-refractivity contribution in [3.63, 3.8) is 0 Å². The highest BCUT2D eigenvalue weighted by Crippen LogP contribution is 2.36. The van der Waals surface area contributed by atoms with Gasteiger partial charge in [-0.1, -0.05) is 49.5 Å². The summed E-state index contributed by atoms with van der Waals surface area (Å²) < 4.78 is 11.1. The second-order valence-corrected chi connectivity index (χ2v) is 8.23. The number of unbranched alkanes of at least 4 members (excludes halogenated alkanes) is 1. The molecule has 2 aromatic carbocycles. The van der Waals surface area contributed by atoms with Gasteiger partial charge in [-0.3, -0.25) is 9.69 Å². The number of ether oxygens (including phenoxy) is 2. The van der Waals surface area contributed by atoms with Crippen LogP contribution in [0.3, 0.4) is 0 Å². The number of benzene rings is 2. The first-order chi connectivity index (χ1) is 14.5. The number of rotatable bonds is 8. The number of thioether (sulfide) groups is 1. The maximum atomic E-state index is 12.9. The summed E-state index contributed by atoms with van der Waals surface area (Å²) in [4.78, 5) is 26.7. The van der Waals surface area contributed by atoms with E-state index in [1.165, 1.54) is 16.7 Å². The van der Waals surface area contributed by atoms with Crippen LogP contribution in [0.5, 0.6) is 5.75 Å². The number of thiocarbonyl (C=S) groups is 1. The normalized spacial score (nSPS) is 15.0. The van der Waals surface area contributed by atoms with Crippen molar-refractivity contribution in [2.45, 2.75) is 26.7 Å². The van der Waals surface area contributed by atoms with Crippen LogP contribution in [0.15, 0.2) is 53.4 Å². The summed E-state index contributed by atoms with van der Waals surface area (Å²) in [5.41, 5.74) is 1.95. The molecule has 3 rings (SSSR count). The Morgan fingerprint density at radius 2 is 1.80 bits per heavy atom. The van der Waals surface area contributed by atoms with E-state index < -0.39 is 5.97 Å². The zero-order valence-corrected chi connectivity index (χ0v) is 18.6. The molecule has 1 aliphatic rings. The highest BCUT2D eigenvalue weighted by Gasteiger charge is 2.33. The highest BCUT2D eigenvalue weighted by molar-refractivity contribution is 8.27. The first kappa shape index (κ1) is 22.1. The van der Waals surface area contributed by atoms with E-state index in [0.717, 1.165) is 24.2 Å². The Hall–Kier alpha value is -2.64. The molecular weight excluding hydrogens is 418 g/mol. The van der Waals surface area contributed by atoms with Gasteiger partial charge in [-0.05, 0) is 61.4 Å². The minimum atomic E-state index is -0.392. The van der Waals surface area contributed by atoms with Crippen LogP contribution in [-0.4, -0.2) is 29.4 Å². The summed E-state index contributed by atoms with van der Waals surface area (Å²) in [6.45, 7) is 4.89. The second kappa shape index (κ2) is 10.4. The van der Waals surface area contributed by atoms with Crippen LogP contribution in [0.25, 0.3) is 6.08 Å². The molecule has 0 spiro atoms. The maximum Gasteiger partial charge on any atom is 0.338 e. The van der Waals surface area contributed by atoms with E-state index in [9.17, 15) is 9.59 Å². The number of carbonyl (C=O) groups excluding carboxylic acids is 2. The molecular formula is C23H23NO4S2. The van der Waals surface area contributed by atoms with Gasteiger partial charge in [0.15, 0.2) is 4.32 Å². The Bertz CT molecular complexity index is 952. The Kier molecular flexibility index (Phi) is 7.65. The maximum absolute atomic E-state index is 12.9. The van der Waals surface area contributed by atoms with E-state index >= 15 is 0 Å². The Labute approximate surface area is 186 Å². The van der Waals surface area contributed by atoms with Crippen LogP contribution in [0.1, 0.15) is 42.6 Å². The topological polar surface area (TPSA) is 55.8 Å². The monoisotopic (exact) mass is 441 g/mol. The van der Waals surface area contributed by atoms with Gasteiger partial charge in [0.1, 0.15) is 5.75 Å². The minimum Gasteiger partial charge on any atom is -0.494 e. The average molecular weight is 442 g/mol. The van der Waals surface area contributed by atoms with Gasteiger partial charge in [-0.15, -0.1) is 0 Å². The molecule has 0 unspecified atom stereocenters. The number of hydrogen-bond donors (Lipinski definition) is 0. The van der Waals surface area contributed by atoms with Gasteiger partial charge in [0.05, 0.1) is 29.4 Å². The van der Waals surface area contributed by atoms with E-state index in [1.807, 2.05) is 30.3 Å². The van der Waals surface area contributed by atoms with Gasteiger partial charge in [-0.25, -0.2) is 4.79 Å². The molecule has 1 aliphatic heterocycles. The summed E-state index contributed by atoms with van der Waals surface area (Å²) in [6.07, 6.45) is 3.93. The highest BCUT2D eigenvalue weighted by atomic mass is 32.2. The number of anilines is 1. The first-order valence-electron chi connectivity index (χ1n) is 9.81. The lowest BCUT2D eigenvalue weighted by Gasteiger charge is -2.14. The molecule has 0 aromatic heterocycles. The molecule has 0 N–H and O–H groups in total. The lowest BCUT2D eigenvalue weighted by Crippen LogP contribution is -2.27. The standard InChI is InChI=1S/C23H23NO4S2/c1-3-5-14-28-19-12-6-16(7-13-19)15-20-21(25)24(23(29)30-20)18-10-8-17(9-11-18)22(26)27-4-2/h6-13,15H,3-5,14H2,1-2H3. The van der Waals surface area contributed by atoms with Crippen LogP contribution in [-0.2, 0) is 9.53 Å². The molecule has 0 bridgehead atoms. The second-order valence-electron chi connectivity index (χ2n) is 6.56. The van der Waals surface area contributed by atoms with Gasteiger partial charge in [0.25, 0.3) is 5.91 Å². The molecule has 7 heteroatoms. The SMILES string of the molecule is CCCCOc1ccc(C=C2SC(=S)N(c3ccc(C(=O)OCC)cc3)C2=O)cc1. The van der Waals surface area contributed by atoms with Gasteiger partial charge in [0.2, 0.25) is 0 Å². The van der Waals surface area contributed by atoms with Gasteiger partial charge >= 0.3 is 5.97 Å². The van der Waals surface area contributed by atoms with Crippen molar-refractivity contribution in [1.29, 1.82) is 0 Å². The Morgan fingerprint density at radius 3 is 2.43 bits per heavy atom. The Balaban J connectivity index is 1.72. The van der Waals surface area contributed by atoms with Crippen LogP contribution < -0.4 is 9.64 Å². The molecule has 0 radical (unpaired) electrons. The summed E-state index contributed by atoms with van der Waals surface area (Å²) in [7, 11) is 0. The van der Waals surface area contributed by atoms with Crippen LogP contribution in [0, 0.1) is 0 Å². The van der Waals surface area contributed by atoms with Crippen LogP contribution >= 0.6 is 24.0 Å². The summed E-state index contributed by atoms with van der Waals surface area (Å²) in [5.74, 6) is 0.239. The van der Waals surface area contributed by atoms with E-state index in [1.54, 1.807) is 31.2 Å². The molecule has 0 aliphatic carbocycles. The zero-order valence-electron chi connectivity index (χ0n) is 16.9. The third-order valence-corrected chi connectivity index (χ3v) is 5.68. The number of carbonyl (C=O) groups is 2. The van der Waals surface area contributed by atoms with Crippen molar-refractivity contribution in [3.05, 3.63) is 64.6 Å². The molecule has 1 amide bonds. The number of amides is 1. The van der Waals surface area contributed by atoms with Crippen LogP contribution in [0.4, 0.5) is 5.69 Å². The molecule has 1 heterocycles. The van der Waals surface area contributed by atoms with Gasteiger partial charge in [-0.2, -0.15) is 0 Å². The largest absolute Gasteiger partial charge is 0.494 e. The fourth-order valence-corrected chi connectivity index (χ4v) is 4.10. The summed E-state index contributed by atoms with van der Waals surface area (Å²) in [6, 6.07) is 14.3. The van der Waals surface area contributed by atoms with Crippen LogP contribution in [0.2, 0.25) is 0 Å². The van der Waals surface area contributed by atoms with E-state index in [4.69, 9.17) is 21.7 Å². The Morgan fingerprint density at radius 1 is 1.10 bits per heavy atom. The molecule has 156 valence electrons. The van der Waals surface area contributed by atoms with Crippen molar-refractivity contribution >= 4 is 51.9 Å². The van der Waals surface area contributed by atoms with Crippen molar-refractivity contribution in [2.75, 3.05) is 18.1 Å². The number of hydrogen-bond acceptors (Lipinski definition) is 6. The molecule has 5 nitrogen and oxygen atoms in total. The van der Waals surface area contributed by atoms with Crippen molar-refractivity contribution in [2.24, 2.45) is 0 Å². The van der Waals surface area contributed by atoms with E-state index in [-0.39, 0.29) is 5.91 Å². The minimum absolute atomic E-state index is 0.183. The van der Waals surface area contributed by atoms with E-state index in [2.05, 4.69) is 6.92 Å². The molecule has 0 atom stereocenters. The molecule has 30 heavy (non-hydrogen) atoms. The fourth-order valence-electron chi connectivity index (χ4n) is 2.80. The van der Waals surface area contributed by atoms with Gasteiger partial charge in [0, 0.05) is 0 Å². The van der Waals surface area contributed by atoms with E-state index in [0.29, 0.717) is 33.7 Å². The summed E-state index contributed by atoms with van der Waals surface area (Å²) in [5, 5.41) is 0. The average Bonchev–Trinajstić information content (AvgIpc) is 3.02. The predicted octanol–water partition coefficient (Wildman–Crippen LogP) is 5.45. The molecule has 1 saturated heterocycles. The smallest absolute Gasteiger partial charge is 0.338 e. The number of esters is 1. The molecule has 1 fully saturated rings. The first-order valence-corrected chi connectivity index (χ1v) is 11.0. The third kappa shape index (κ3) is 5.29. The number of nitrogens with zero attached hydrogens (tertiary/aromatic N) is 1. The predicted molar refractivity (Wildman–Crippen MR) is 125 cm³/mol. The molecule has 2 aromatic rings. The quantitative estimate of drug-likeness (QED) is 0.235. The fraction of sp³-hybridized carbons (Fsp3) is 0.261. The molecule has 0 saturated carbocycles. The zero-order chi connectivity index (χ0) is 21.5. The van der Waals surface area contributed by atoms with Gasteiger partial charge < -0.3 is 9.47 Å². The lowest BCUT2D eigenvalue weighted by atomic mass is 10.2. The van der Waals surface area contributed by atoms with Crippen molar-refractivity contribution < 1.29 is 19.1 Å².